The van der Waals surface area contributed by atoms with Crippen LogP contribution in [0, 0.1) is 12.8 Å². The third-order valence-electron chi connectivity index (χ3n) is 7.66. The quantitative estimate of drug-likeness (QED) is 0.121. The molecule has 0 aliphatic carbocycles. The van der Waals surface area contributed by atoms with Gasteiger partial charge in [0, 0.05) is 36.1 Å². The Bertz CT molecular complexity index is 1780. The Balaban J connectivity index is 1.54. The number of rotatable bonds is 11. The van der Waals surface area contributed by atoms with Crippen molar-refractivity contribution in [1.29, 1.82) is 0 Å². The summed E-state index contributed by atoms with van der Waals surface area (Å²) in [5, 5.41) is 6.04. The van der Waals surface area contributed by atoms with E-state index in [4.69, 9.17) is 16.3 Å². The van der Waals surface area contributed by atoms with Crippen LogP contribution in [0.4, 0.5) is 32.0 Å². The number of hydrogen-bond donors (Lipinski definition) is 2. The number of carbonyl (C=O) groups is 2. The Hall–Kier alpha value is -4.58. The summed E-state index contributed by atoms with van der Waals surface area (Å²) in [6, 6.07) is 14.5. The lowest BCUT2D eigenvalue weighted by Gasteiger charge is -2.17. The molecule has 4 rings (SSSR count). The molecule has 4 aromatic rings. The lowest BCUT2D eigenvalue weighted by molar-refractivity contribution is -0.148. The highest BCUT2D eigenvalue weighted by Crippen LogP contribution is 2.37. The van der Waals surface area contributed by atoms with Crippen molar-refractivity contribution in [2.75, 3.05) is 18.5 Å². The van der Waals surface area contributed by atoms with Gasteiger partial charge >= 0.3 is 18.3 Å². The first-order valence-corrected chi connectivity index (χ1v) is 15.3. The second-order valence-electron chi connectivity index (χ2n) is 10.9. The summed E-state index contributed by atoms with van der Waals surface area (Å²) >= 11 is 6.51. The average Bonchev–Trinajstić information content (AvgIpc) is 3.03. The van der Waals surface area contributed by atoms with Crippen molar-refractivity contribution in [2.24, 2.45) is 5.92 Å². The fourth-order valence-electron chi connectivity index (χ4n) is 5.01. The Morgan fingerprint density at radius 3 is 2.10 bits per heavy atom. The molecular weight excluding hydrogens is 660 g/mol. The fraction of sp³-hybridized carbons (Fsp3) is 0.286. The van der Waals surface area contributed by atoms with Gasteiger partial charge in [-0.25, -0.2) is 0 Å². The lowest BCUT2D eigenvalue weighted by Crippen LogP contribution is -2.34. The molecule has 2 N–H and O–H groups in total. The van der Waals surface area contributed by atoms with Gasteiger partial charge in [-0.05, 0) is 85.0 Å². The predicted octanol–water partition coefficient (Wildman–Crippen LogP) is 9.35. The van der Waals surface area contributed by atoms with E-state index in [1.54, 1.807) is 39.0 Å². The van der Waals surface area contributed by atoms with Crippen molar-refractivity contribution >= 4 is 29.2 Å². The van der Waals surface area contributed by atoms with Crippen molar-refractivity contribution in [3.63, 3.8) is 0 Å². The minimum absolute atomic E-state index is 0.0159. The molecule has 1 aromatic heterocycles. The van der Waals surface area contributed by atoms with E-state index in [-0.39, 0.29) is 36.0 Å². The van der Waals surface area contributed by atoms with Crippen LogP contribution in [0.25, 0.3) is 22.3 Å². The molecule has 0 radical (unpaired) electrons. The first-order valence-electron chi connectivity index (χ1n) is 14.9. The molecule has 13 heteroatoms. The van der Waals surface area contributed by atoms with Gasteiger partial charge in [-0.2, -0.15) is 26.3 Å². The number of alkyl halides is 6. The number of amides is 1. The summed E-state index contributed by atoms with van der Waals surface area (Å²) in [4.78, 5) is 28.9. The van der Waals surface area contributed by atoms with Gasteiger partial charge in [0.1, 0.15) is 5.69 Å². The van der Waals surface area contributed by atoms with Crippen molar-refractivity contribution in [2.45, 2.75) is 46.1 Å². The lowest BCUT2D eigenvalue weighted by atomic mass is 9.97. The first-order chi connectivity index (χ1) is 22.6. The molecule has 0 aliphatic rings. The van der Waals surface area contributed by atoms with E-state index in [1.807, 2.05) is 0 Å². The highest BCUT2D eigenvalue weighted by molar-refractivity contribution is 6.33. The van der Waals surface area contributed by atoms with E-state index in [0.717, 1.165) is 24.3 Å². The molecule has 0 saturated heterocycles. The van der Waals surface area contributed by atoms with Crippen molar-refractivity contribution < 1.29 is 40.7 Å². The van der Waals surface area contributed by atoms with Crippen LogP contribution >= 0.6 is 11.6 Å². The van der Waals surface area contributed by atoms with Crippen LogP contribution in [0.15, 0.2) is 72.9 Å². The van der Waals surface area contributed by atoms with Crippen LogP contribution in [0.1, 0.15) is 53.0 Å². The molecule has 1 amide bonds. The van der Waals surface area contributed by atoms with E-state index >= 15 is 0 Å². The van der Waals surface area contributed by atoms with Gasteiger partial charge in [-0.3, -0.25) is 14.6 Å². The summed E-state index contributed by atoms with van der Waals surface area (Å²) < 4.78 is 85.3. The smallest absolute Gasteiger partial charge is 0.416 e. The highest BCUT2D eigenvalue weighted by Gasteiger charge is 2.32. The summed E-state index contributed by atoms with van der Waals surface area (Å²) in [5.74, 6) is -1.52. The zero-order chi connectivity index (χ0) is 35.2. The summed E-state index contributed by atoms with van der Waals surface area (Å²) in [6.45, 7) is 5.36. The van der Waals surface area contributed by atoms with Crippen molar-refractivity contribution in [3.8, 4) is 22.3 Å². The number of ether oxygens (including phenoxy) is 1. The fourth-order valence-corrected chi connectivity index (χ4v) is 5.29. The number of nitrogens with one attached hydrogen (secondary N) is 2. The van der Waals surface area contributed by atoms with Crippen LogP contribution in [0.2, 0.25) is 5.02 Å². The van der Waals surface area contributed by atoms with Crippen LogP contribution in [-0.2, 0) is 28.4 Å². The largest absolute Gasteiger partial charge is 0.466 e. The number of nitrogens with zero attached hydrogens (tertiary/aromatic N) is 1. The maximum absolute atomic E-state index is 13.7. The predicted molar refractivity (Wildman–Crippen MR) is 171 cm³/mol. The zero-order valence-corrected chi connectivity index (χ0v) is 26.9. The summed E-state index contributed by atoms with van der Waals surface area (Å²) in [5.41, 5.74) is 1.39. The van der Waals surface area contributed by atoms with Gasteiger partial charge in [0.05, 0.1) is 28.7 Å². The number of benzene rings is 3. The maximum atomic E-state index is 13.7. The molecule has 48 heavy (non-hydrogen) atoms. The van der Waals surface area contributed by atoms with Crippen LogP contribution in [0.5, 0.6) is 0 Å². The molecule has 1 atom stereocenters. The van der Waals surface area contributed by atoms with Crippen LogP contribution in [0.3, 0.4) is 0 Å². The number of hydrogen-bond acceptors (Lipinski definition) is 5. The van der Waals surface area contributed by atoms with Gasteiger partial charge in [-0.15, -0.1) is 0 Å². The number of carbonyl (C=O) groups excluding carboxylic acids is 2. The molecule has 0 bridgehead atoms. The average molecular weight is 692 g/mol. The Labute approximate surface area is 278 Å². The van der Waals surface area contributed by atoms with E-state index in [2.05, 4.69) is 15.6 Å². The van der Waals surface area contributed by atoms with Gasteiger partial charge in [0.2, 0.25) is 0 Å². The highest BCUT2D eigenvalue weighted by atomic mass is 35.5. The molecule has 0 aliphatic heterocycles. The number of aryl methyl sites for hydroxylation is 1. The normalized spacial score (nSPS) is 12.4. The Morgan fingerprint density at radius 1 is 0.854 bits per heavy atom. The van der Waals surface area contributed by atoms with Crippen molar-refractivity contribution in [3.05, 3.63) is 106 Å². The van der Waals surface area contributed by atoms with E-state index in [1.165, 1.54) is 30.5 Å². The molecule has 6 nitrogen and oxygen atoms in total. The molecule has 3 aromatic carbocycles. The SMILES string of the molecule is CCOC(=O)C(CC)CNC(=O)c1ccc(-c2cc(C(F)(F)F)ccc2CNc2ccc(-c3ccc(C(F)(F)F)cc3C)c(Cl)c2)cn1. The Kier molecular flexibility index (Phi) is 11.4. The number of pyridine rings is 1. The molecule has 1 unspecified atom stereocenters. The van der Waals surface area contributed by atoms with E-state index in [9.17, 15) is 35.9 Å². The Morgan fingerprint density at radius 2 is 1.52 bits per heavy atom. The van der Waals surface area contributed by atoms with E-state index in [0.29, 0.717) is 39.9 Å². The summed E-state index contributed by atoms with van der Waals surface area (Å²) in [7, 11) is 0. The number of halogens is 7. The summed E-state index contributed by atoms with van der Waals surface area (Å²) in [6.07, 6.45) is -7.33. The second-order valence-corrected chi connectivity index (χ2v) is 11.4. The van der Waals surface area contributed by atoms with E-state index < -0.39 is 41.3 Å². The monoisotopic (exact) mass is 691 g/mol. The minimum atomic E-state index is -4.61. The van der Waals surface area contributed by atoms with Gasteiger partial charge in [-0.1, -0.05) is 42.8 Å². The van der Waals surface area contributed by atoms with Crippen LogP contribution < -0.4 is 10.6 Å². The standard InChI is InChI=1S/C35H32ClF6N3O3/c1-4-21(33(47)48-5-2)17-45-32(46)31-13-7-23(19-44-31)29-15-25(35(40,41)42)8-6-22(29)18-43-26-10-12-28(30(36)16-26)27-11-9-24(14-20(27)3)34(37,38)39/h6-16,19,21,43H,4-5,17-18H2,1-3H3,(H,45,46). The van der Waals surface area contributed by atoms with Gasteiger partial charge < -0.3 is 15.4 Å². The number of esters is 1. The molecule has 1 heterocycles. The molecule has 254 valence electrons. The molecule has 0 saturated carbocycles. The third kappa shape index (κ3) is 8.85. The maximum Gasteiger partial charge on any atom is 0.416 e. The zero-order valence-electron chi connectivity index (χ0n) is 26.2. The van der Waals surface area contributed by atoms with Crippen molar-refractivity contribution in [1.82, 2.24) is 10.3 Å². The van der Waals surface area contributed by atoms with Crippen LogP contribution in [-0.4, -0.2) is 30.0 Å². The first kappa shape index (κ1) is 36.3. The topological polar surface area (TPSA) is 80.3 Å². The minimum Gasteiger partial charge on any atom is -0.466 e. The molecular formula is C35H32ClF6N3O3. The van der Waals surface area contributed by atoms with Gasteiger partial charge in [0.25, 0.3) is 5.91 Å². The third-order valence-corrected chi connectivity index (χ3v) is 7.97. The second kappa shape index (κ2) is 15.1. The molecule has 0 fully saturated rings. The van der Waals surface area contributed by atoms with Gasteiger partial charge in [0.15, 0.2) is 0 Å². The molecule has 0 spiro atoms. The number of aromatic nitrogens is 1. The number of anilines is 1.